The molecule has 14 heavy (non-hydrogen) atoms. The molecule has 0 saturated carbocycles. The Hall–Kier alpha value is -1.56. The Morgan fingerprint density at radius 1 is 1.50 bits per heavy atom. The zero-order chi connectivity index (χ0) is 10.6. The van der Waals surface area contributed by atoms with Crippen molar-refractivity contribution in [1.29, 1.82) is 0 Å². The first-order chi connectivity index (χ1) is 6.66. The van der Waals surface area contributed by atoms with Crippen molar-refractivity contribution in [2.24, 2.45) is 0 Å². The number of hydrogen-bond acceptors (Lipinski definition) is 6. The summed E-state index contributed by atoms with van der Waals surface area (Å²) in [5, 5.41) is 11.5. The highest BCUT2D eigenvalue weighted by Crippen LogP contribution is 2.23. The van der Waals surface area contributed by atoms with E-state index in [9.17, 15) is 0 Å². The predicted molar refractivity (Wildman–Crippen MR) is 56.3 cm³/mol. The van der Waals surface area contributed by atoms with Gasteiger partial charge in [0, 0.05) is 20.6 Å². The molecule has 0 aliphatic carbocycles. The van der Waals surface area contributed by atoms with Gasteiger partial charge in [-0.15, -0.1) is 0 Å². The van der Waals surface area contributed by atoms with Crippen LogP contribution in [-0.4, -0.2) is 42.3 Å². The molecule has 6 nitrogen and oxygen atoms in total. The summed E-state index contributed by atoms with van der Waals surface area (Å²) < 4.78 is 0. The number of nitrogen functional groups attached to an aromatic ring is 1. The van der Waals surface area contributed by atoms with Crippen LogP contribution in [0.4, 0.5) is 17.3 Å². The average molecular weight is 197 g/mol. The van der Waals surface area contributed by atoms with E-state index in [1.807, 2.05) is 14.1 Å². The molecule has 0 aliphatic rings. The van der Waals surface area contributed by atoms with E-state index in [0.29, 0.717) is 23.9 Å². The molecule has 0 atom stereocenters. The van der Waals surface area contributed by atoms with Crippen LogP contribution < -0.4 is 16.0 Å². The molecule has 6 heteroatoms. The fraction of sp³-hybridized carbons (Fsp3) is 0.500. The molecule has 1 rings (SSSR count). The molecular weight excluding hydrogens is 182 g/mol. The molecule has 1 heterocycles. The van der Waals surface area contributed by atoms with Gasteiger partial charge in [0.25, 0.3) is 0 Å². The van der Waals surface area contributed by atoms with E-state index in [0.717, 1.165) is 0 Å². The summed E-state index contributed by atoms with van der Waals surface area (Å²) in [6.45, 7) is 0.467. The summed E-state index contributed by atoms with van der Waals surface area (Å²) >= 11 is 0. The number of nitrogens with two attached hydrogens (primary N) is 1. The van der Waals surface area contributed by atoms with Gasteiger partial charge in [-0.3, -0.25) is 0 Å². The summed E-state index contributed by atoms with van der Waals surface area (Å²) in [4.78, 5) is 9.81. The number of anilines is 3. The molecule has 0 amide bonds. The van der Waals surface area contributed by atoms with Gasteiger partial charge in [-0.2, -0.15) is 0 Å². The largest absolute Gasteiger partial charge is 0.395 e. The fourth-order valence-corrected chi connectivity index (χ4v) is 1.06. The number of nitrogens with zero attached hydrogens (tertiary/aromatic N) is 3. The van der Waals surface area contributed by atoms with Crippen molar-refractivity contribution in [1.82, 2.24) is 9.97 Å². The Labute approximate surface area is 82.8 Å². The van der Waals surface area contributed by atoms with Crippen molar-refractivity contribution >= 4 is 17.3 Å². The van der Waals surface area contributed by atoms with Crippen LogP contribution in [0.3, 0.4) is 0 Å². The number of aliphatic hydroxyl groups is 1. The summed E-state index contributed by atoms with van der Waals surface area (Å²) in [7, 11) is 3.71. The molecule has 4 N–H and O–H groups in total. The van der Waals surface area contributed by atoms with Crippen molar-refractivity contribution in [3.63, 3.8) is 0 Å². The van der Waals surface area contributed by atoms with Gasteiger partial charge in [-0.05, 0) is 0 Å². The third-order valence-electron chi connectivity index (χ3n) is 1.69. The van der Waals surface area contributed by atoms with E-state index in [1.54, 1.807) is 4.90 Å². The summed E-state index contributed by atoms with van der Waals surface area (Å²) in [6, 6.07) is 0. The third-order valence-corrected chi connectivity index (χ3v) is 1.69. The Morgan fingerprint density at radius 3 is 2.79 bits per heavy atom. The molecule has 78 valence electrons. The number of aliphatic hydroxyl groups excluding tert-OH is 1. The van der Waals surface area contributed by atoms with Crippen LogP contribution in [-0.2, 0) is 0 Å². The minimum atomic E-state index is 0.0424. The van der Waals surface area contributed by atoms with E-state index in [-0.39, 0.29) is 6.61 Å². The molecule has 0 aromatic carbocycles. The second kappa shape index (κ2) is 4.61. The normalized spacial score (nSPS) is 9.93. The first-order valence-electron chi connectivity index (χ1n) is 4.29. The smallest absolute Gasteiger partial charge is 0.156 e. The monoisotopic (exact) mass is 197 g/mol. The minimum absolute atomic E-state index is 0.0424. The molecule has 0 spiro atoms. The van der Waals surface area contributed by atoms with E-state index in [1.165, 1.54) is 6.33 Å². The highest BCUT2D eigenvalue weighted by atomic mass is 16.3. The van der Waals surface area contributed by atoms with Crippen molar-refractivity contribution in [2.45, 2.75) is 0 Å². The number of rotatable bonds is 4. The van der Waals surface area contributed by atoms with Crippen LogP contribution in [0.25, 0.3) is 0 Å². The summed E-state index contributed by atoms with van der Waals surface area (Å²) in [5.74, 6) is 1.22. The van der Waals surface area contributed by atoms with Gasteiger partial charge in [-0.1, -0.05) is 0 Å². The number of nitrogens with one attached hydrogen (secondary N) is 1. The lowest BCUT2D eigenvalue weighted by Crippen LogP contribution is -2.16. The maximum absolute atomic E-state index is 8.64. The Bertz CT molecular complexity index is 302. The molecule has 0 fully saturated rings. The second-order valence-electron chi connectivity index (χ2n) is 3.00. The average Bonchev–Trinajstić information content (AvgIpc) is 2.16. The maximum Gasteiger partial charge on any atom is 0.156 e. The lowest BCUT2D eigenvalue weighted by Gasteiger charge is -2.15. The maximum atomic E-state index is 8.64. The topological polar surface area (TPSA) is 87.3 Å². The lowest BCUT2D eigenvalue weighted by molar-refractivity contribution is 0.311. The van der Waals surface area contributed by atoms with Gasteiger partial charge in [0.05, 0.1) is 6.61 Å². The zero-order valence-electron chi connectivity index (χ0n) is 8.36. The molecule has 1 aromatic rings. The van der Waals surface area contributed by atoms with Crippen LogP contribution in [0.15, 0.2) is 6.33 Å². The third kappa shape index (κ3) is 2.23. The fourth-order valence-electron chi connectivity index (χ4n) is 1.06. The van der Waals surface area contributed by atoms with Crippen LogP contribution in [0.1, 0.15) is 0 Å². The van der Waals surface area contributed by atoms with Gasteiger partial charge < -0.3 is 21.1 Å². The Morgan fingerprint density at radius 2 is 2.21 bits per heavy atom. The molecule has 0 saturated heterocycles. The Kier molecular flexibility index (Phi) is 3.47. The van der Waals surface area contributed by atoms with E-state index < -0.39 is 0 Å². The van der Waals surface area contributed by atoms with E-state index in [2.05, 4.69) is 15.3 Å². The van der Waals surface area contributed by atoms with E-state index in [4.69, 9.17) is 10.8 Å². The van der Waals surface area contributed by atoms with Crippen molar-refractivity contribution in [3.05, 3.63) is 6.33 Å². The summed E-state index contributed by atoms with van der Waals surface area (Å²) in [6.07, 6.45) is 1.44. The highest BCUT2D eigenvalue weighted by Gasteiger charge is 2.08. The first-order valence-corrected chi connectivity index (χ1v) is 4.29. The zero-order valence-corrected chi connectivity index (χ0v) is 8.36. The molecular formula is C8H15N5O. The lowest BCUT2D eigenvalue weighted by atomic mass is 10.4. The first kappa shape index (κ1) is 10.5. The molecule has 1 aromatic heterocycles. The van der Waals surface area contributed by atoms with Crippen LogP contribution in [0.2, 0.25) is 0 Å². The van der Waals surface area contributed by atoms with Gasteiger partial charge in [0.2, 0.25) is 0 Å². The standard InChI is InChI=1S/C8H15N5O/c1-13(2)8-6(9)7(10-3-4-14)11-5-12-8/h5,14H,3-4,9H2,1-2H3,(H,10,11,12). The van der Waals surface area contributed by atoms with Gasteiger partial charge >= 0.3 is 0 Å². The van der Waals surface area contributed by atoms with Crippen molar-refractivity contribution < 1.29 is 5.11 Å². The molecule has 0 radical (unpaired) electrons. The Balaban J connectivity index is 2.89. The second-order valence-corrected chi connectivity index (χ2v) is 3.00. The highest BCUT2D eigenvalue weighted by molar-refractivity contribution is 5.74. The molecule has 0 unspecified atom stereocenters. The van der Waals surface area contributed by atoms with E-state index >= 15 is 0 Å². The van der Waals surface area contributed by atoms with Crippen LogP contribution in [0, 0.1) is 0 Å². The SMILES string of the molecule is CN(C)c1ncnc(NCCO)c1N. The number of aromatic nitrogens is 2. The summed E-state index contributed by atoms with van der Waals surface area (Å²) in [5.41, 5.74) is 6.31. The van der Waals surface area contributed by atoms with Crippen molar-refractivity contribution in [3.8, 4) is 0 Å². The van der Waals surface area contributed by atoms with Crippen LogP contribution in [0.5, 0.6) is 0 Å². The predicted octanol–water partition coefficient (Wildman–Crippen LogP) is -0.471. The van der Waals surface area contributed by atoms with Crippen LogP contribution >= 0.6 is 0 Å². The molecule has 0 aliphatic heterocycles. The van der Waals surface area contributed by atoms with Crippen molar-refractivity contribution in [2.75, 3.05) is 43.2 Å². The number of hydrogen-bond donors (Lipinski definition) is 3. The van der Waals surface area contributed by atoms with Gasteiger partial charge in [0.15, 0.2) is 11.6 Å². The van der Waals surface area contributed by atoms with Gasteiger partial charge in [-0.25, -0.2) is 9.97 Å². The quantitative estimate of drug-likeness (QED) is 0.605. The minimum Gasteiger partial charge on any atom is -0.395 e. The van der Waals surface area contributed by atoms with Gasteiger partial charge in [0.1, 0.15) is 12.0 Å². The molecule has 0 bridgehead atoms.